The van der Waals surface area contributed by atoms with E-state index in [1.165, 1.54) is 0 Å². The summed E-state index contributed by atoms with van der Waals surface area (Å²) in [6, 6.07) is 10.8. The van der Waals surface area contributed by atoms with Crippen LogP contribution in [0.4, 0.5) is 23.2 Å². The Balaban J connectivity index is 2.18. The maximum absolute atomic E-state index is 13.0. The molecule has 0 saturated carbocycles. The molecular weight excluding hydrogens is 284 g/mol. The predicted octanol–water partition coefficient (Wildman–Crippen LogP) is 4.33. The van der Waals surface area contributed by atoms with Crippen molar-refractivity contribution in [3.63, 3.8) is 0 Å². The van der Waals surface area contributed by atoms with Crippen LogP contribution >= 0.6 is 0 Å². The van der Waals surface area contributed by atoms with Gasteiger partial charge in [0.2, 0.25) is 0 Å². The summed E-state index contributed by atoms with van der Waals surface area (Å²) in [4.78, 5) is 0. The number of benzene rings is 2. The summed E-state index contributed by atoms with van der Waals surface area (Å²) >= 11 is 0. The maximum Gasteiger partial charge on any atom is 0.416 e. The number of nitriles is 1. The van der Waals surface area contributed by atoms with Crippen molar-refractivity contribution in [2.75, 3.05) is 5.32 Å². The molecule has 0 aliphatic carbocycles. The number of nitrogens with one attached hydrogen (secondary N) is 1. The molecule has 6 heteroatoms. The predicted molar refractivity (Wildman–Crippen MR) is 69.9 cm³/mol. The van der Waals surface area contributed by atoms with Gasteiger partial charge in [-0.2, -0.15) is 18.4 Å². The standard InChI is InChI=1S/C15H10F4N2/c16-12-4-3-11(14(7-12)15(17,18)19)9-21-13-5-1-10(8-20)2-6-13/h1-7,21H,9H2. The third kappa shape index (κ3) is 3.72. The van der Waals surface area contributed by atoms with Crippen LogP contribution < -0.4 is 5.32 Å². The zero-order valence-electron chi connectivity index (χ0n) is 10.7. The number of hydrogen-bond acceptors (Lipinski definition) is 2. The lowest BCUT2D eigenvalue weighted by Gasteiger charge is -2.14. The summed E-state index contributed by atoms with van der Waals surface area (Å²) in [5, 5.41) is 11.5. The van der Waals surface area contributed by atoms with Crippen LogP contribution in [0.15, 0.2) is 42.5 Å². The third-order valence-corrected chi connectivity index (χ3v) is 2.87. The summed E-state index contributed by atoms with van der Waals surface area (Å²) in [5.74, 6) is -0.926. The van der Waals surface area contributed by atoms with Crippen LogP contribution in [0.5, 0.6) is 0 Å². The van der Waals surface area contributed by atoms with Crippen LogP contribution in [0.3, 0.4) is 0 Å². The van der Waals surface area contributed by atoms with Gasteiger partial charge >= 0.3 is 6.18 Å². The average molecular weight is 294 g/mol. The topological polar surface area (TPSA) is 35.8 Å². The first-order chi connectivity index (χ1) is 9.90. The van der Waals surface area contributed by atoms with Crippen LogP contribution in [-0.2, 0) is 12.7 Å². The van der Waals surface area contributed by atoms with E-state index in [2.05, 4.69) is 5.32 Å². The van der Waals surface area contributed by atoms with E-state index in [1.807, 2.05) is 6.07 Å². The van der Waals surface area contributed by atoms with Crippen LogP contribution in [0, 0.1) is 17.1 Å². The van der Waals surface area contributed by atoms with Gasteiger partial charge in [0.05, 0.1) is 17.2 Å². The molecule has 0 bridgehead atoms. The maximum atomic E-state index is 13.0. The van der Waals surface area contributed by atoms with Gasteiger partial charge in [-0.1, -0.05) is 6.07 Å². The lowest BCUT2D eigenvalue weighted by Crippen LogP contribution is -2.12. The van der Waals surface area contributed by atoms with Gasteiger partial charge in [0.1, 0.15) is 5.82 Å². The Bertz CT molecular complexity index is 670. The van der Waals surface area contributed by atoms with Gasteiger partial charge in [0.15, 0.2) is 0 Å². The van der Waals surface area contributed by atoms with Crippen LogP contribution in [0.1, 0.15) is 16.7 Å². The normalized spacial score (nSPS) is 11.0. The number of nitrogens with zero attached hydrogens (tertiary/aromatic N) is 1. The largest absolute Gasteiger partial charge is 0.416 e. The molecule has 0 unspecified atom stereocenters. The smallest absolute Gasteiger partial charge is 0.381 e. The van der Waals surface area contributed by atoms with Gasteiger partial charge in [-0.05, 0) is 42.0 Å². The van der Waals surface area contributed by atoms with Crippen molar-refractivity contribution in [1.29, 1.82) is 5.26 Å². The number of alkyl halides is 3. The molecule has 0 saturated heterocycles. The first-order valence-corrected chi connectivity index (χ1v) is 6.00. The van der Waals surface area contributed by atoms with E-state index in [9.17, 15) is 17.6 Å². The molecule has 0 atom stereocenters. The molecule has 21 heavy (non-hydrogen) atoms. The first-order valence-electron chi connectivity index (χ1n) is 6.00. The molecule has 2 rings (SSSR count). The van der Waals surface area contributed by atoms with Crippen LogP contribution in [0.2, 0.25) is 0 Å². The zero-order valence-corrected chi connectivity index (χ0v) is 10.7. The fourth-order valence-corrected chi connectivity index (χ4v) is 1.83. The lowest BCUT2D eigenvalue weighted by molar-refractivity contribution is -0.138. The van der Waals surface area contributed by atoms with Crippen molar-refractivity contribution in [3.8, 4) is 6.07 Å². The molecule has 0 aliphatic rings. The molecule has 0 amide bonds. The number of anilines is 1. The molecule has 0 aliphatic heterocycles. The monoisotopic (exact) mass is 294 g/mol. The van der Waals surface area contributed by atoms with Crippen molar-refractivity contribution in [2.24, 2.45) is 0 Å². The van der Waals surface area contributed by atoms with Crippen molar-refractivity contribution in [3.05, 3.63) is 65.0 Å². The highest BCUT2D eigenvalue weighted by atomic mass is 19.4. The van der Waals surface area contributed by atoms with Crippen molar-refractivity contribution in [1.82, 2.24) is 0 Å². The van der Waals surface area contributed by atoms with Gasteiger partial charge in [0.25, 0.3) is 0 Å². The SMILES string of the molecule is N#Cc1ccc(NCc2ccc(F)cc2C(F)(F)F)cc1. The molecule has 0 fully saturated rings. The Labute approximate surface area is 118 Å². The van der Waals surface area contributed by atoms with E-state index in [-0.39, 0.29) is 12.1 Å². The Morgan fingerprint density at radius 2 is 1.71 bits per heavy atom. The molecule has 108 valence electrons. The van der Waals surface area contributed by atoms with Crippen molar-refractivity contribution >= 4 is 5.69 Å². The molecule has 2 aromatic rings. The lowest BCUT2D eigenvalue weighted by atomic mass is 10.1. The van der Waals surface area contributed by atoms with Gasteiger partial charge in [-0.15, -0.1) is 0 Å². The summed E-state index contributed by atoms with van der Waals surface area (Å²) in [6.45, 7) is -0.0962. The highest BCUT2D eigenvalue weighted by Gasteiger charge is 2.33. The number of halogens is 4. The Hall–Kier alpha value is -2.55. The van der Waals surface area contributed by atoms with Crippen molar-refractivity contribution in [2.45, 2.75) is 12.7 Å². The Morgan fingerprint density at radius 1 is 1.05 bits per heavy atom. The van der Waals surface area contributed by atoms with Gasteiger partial charge in [-0.3, -0.25) is 0 Å². The molecule has 0 heterocycles. The van der Waals surface area contributed by atoms with Gasteiger partial charge in [0, 0.05) is 12.2 Å². The quantitative estimate of drug-likeness (QED) is 0.855. The second-order valence-corrected chi connectivity index (χ2v) is 4.34. The second kappa shape index (κ2) is 5.83. The zero-order chi connectivity index (χ0) is 15.5. The highest BCUT2D eigenvalue weighted by molar-refractivity contribution is 5.48. The average Bonchev–Trinajstić information content (AvgIpc) is 2.45. The van der Waals surface area contributed by atoms with E-state index in [4.69, 9.17) is 5.26 Å². The minimum Gasteiger partial charge on any atom is -0.381 e. The molecule has 2 nitrogen and oxygen atoms in total. The molecule has 0 spiro atoms. The molecule has 0 radical (unpaired) electrons. The Kier molecular flexibility index (Phi) is 4.13. The van der Waals surface area contributed by atoms with E-state index < -0.39 is 17.6 Å². The van der Waals surface area contributed by atoms with Crippen LogP contribution in [-0.4, -0.2) is 0 Å². The molecule has 2 aromatic carbocycles. The molecule has 1 N–H and O–H groups in total. The van der Waals surface area contributed by atoms with Crippen LogP contribution in [0.25, 0.3) is 0 Å². The summed E-state index contributed by atoms with van der Waals surface area (Å²) in [7, 11) is 0. The number of hydrogen-bond donors (Lipinski definition) is 1. The number of rotatable bonds is 3. The fraction of sp³-hybridized carbons (Fsp3) is 0.133. The minimum absolute atomic E-state index is 0.0479. The van der Waals surface area contributed by atoms with Crippen molar-refractivity contribution < 1.29 is 17.6 Å². The summed E-state index contributed by atoms with van der Waals surface area (Å²) < 4.78 is 51.4. The summed E-state index contributed by atoms with van der Waals surface area (Å²) in [6.07, 6.45) is -4.61. The van der Waals surface area contributed by atoms with Gasteiger partial charge < -0.3 is 5.32 Å². The molecular formula is C15H10F4N2. The second-order valence-electron chi connectivity index (χ2n) is 4.34. The third-order valence-electron chi connectivity index (χ3n) is 2.87. The fourth-order valence-electron chi connectivity index (χ4n) is 1.83. The van der Waals surface area contributed by atoms with E-state index in [0.29, 0.717) is 17.3 Å². The van der Waals surface area contributed by atoms with Gasteiger partial charge in [-0.25, -0.2) is 4.39 Å². The highest BCUT2D eigenvalue weighted by Crippen LogP contribution is 2.32. The summed E-state index contributed by atoms with van der Waals surface area (Å²) in [5.41, 5.74) is -0.0123. The van der Waals surface area contributed by atoms with E-state index >= 15 is 0 Å². The minimum atomic E-state index is -4.61. The van der Waals surface area contributed by atoms with E-state index in [0.717, 1.165) is 12.1 Å². The Morgan fingerprint density at radius 3 is 2.29 bits per heavy atom. The molecule has 0 aromatic heterocycles. The first kappa shape index (κ1) is 14.9. The van der Waals surface area contributed by atoms with E-state index in [1.54, 1.807) is 24.3 Å².